The van der Waals surface area contributed by atoms with Gasteiger partial charge in [-0.2, -0.15) is 0 Å². The van der Waals surface area contributed by atoms with E-state index < -0.39 is 0 Å². The zero-order valence-corrected chi connectivity index (χ0v) is 23.1. The van der Waals surface area contributed by atoms with E-state index in [-0.39, 0.29) is 23.3 Å². The molecule has 2 aliphatic carbocycles. The third-order valence-electron chi connectivity index (χ3n) is 11.1. The number of carbonyl (C=O) groups excluding carboxylic acids is 1. The first-order valence-corrected chi connectivity index (χ1v) is 14.3. The largest absolute Gasteiger partial charge is 0.349 e. The van der Waals surface area contributed by atoms with Crippen molar-refractivity contribution in [3.8, 4) is 0 Å². The zero-order valence-electron chi connectivity index (χ0n) is 23.1. The molecule has 1 aliphatic heterocycles. The zero-order chi connectivity index (χ0) is 25.9. The van der Waals surface area contributed by atoms with Crippen molar-refractivity contribution in [1.82, 2.24) is 10.2 Å². The molecule has 37 heavy (non-hydrogen) atoms. The molecule has 1 N–H and O–H groups in total. The highest BCUT2D eigenvalue weighted by Crippen LogP contribution is 2.77. The Morgan fingerprint density at radius 3 is 2.41 bits per heavy atom. The molecular formula is C34H42N2O. The Bertz CT molecular complexity index is 1290. The molecule has 194 valence electrons. The summed E-state index contributed by atoms with van der Waals surface area (Å²) < 4.78 is 0. The predicted octanol–water partition coefficient (Wildman–Crippen LogP) is 6.74. The Hall–Kier alpha value is -2.65. The maximum absolute atomic E-state index is 14.1. The molecule has 3 heteroatoms. The molecule has 1 heterocycles. The lowest BCUT2D eigenvalue weighted by molar-refractivity contribution is -0.124. The van der Waals surface area contributed by atoms with Crippen LogP contribution in [0.5, 0.6) is 0 Å². The van der Waals surface area contributed by atoms with Crippen LogP contribution in [-0.2, 0) is 11.2 Å². The lowest BCUT2D eigenvalue weighted by Crippen LogP contribution is -2.45. The van der Waals surface area contributed by atoms with E-state index in [1.54, 1.807) is 0 Å². The second kappa shape index (κ2) is 8.98. The second-order valence-electron chi connectivity index (χ2n) is 12.7. The molecule has 3 aromatic rings. The lowest BCUT2D eigenvalue weighted by Gasteiger charge is -2.43. The highest BCUT2D eigenvalue weighted by atomic mass is 16.2. The third-order valence-corrected chi connectivity index (χ3v) is 11.1. The van der Waals surface area contributed by atoms with E-state index in [1.165, 1.54) is 34.9 Å². The lowest BCUT2D eigenvalue weighted by atomic mass is 9.69. The molecule has 2 saturated carbocycles. The monoisotopic (exact) mass is 494 g/mol. The van der Waals surface area contributed by atoms with Crippen molar-refractivity contribution < 1.29 is 4.79 Å². The number of benzene rings is 3. The van der Waals surface area contributed by atoms with Gasteiger partial charge in [-0.3, -0.25) is 4.79 Å². The first kappa shape index (κ1) is 24.7. The van der Waals surface area contributed by atoms with E-state index in [9.17, 15) is 4.79 Å². The number of nitrogens with zero attached hydrogens (tertiary/aromatic N) is 1. The van der Waals surface area contributed by atoms with Crippen LogP contribution in [0.2, 0.25) is 0 Å². The fraction of sp³-hybridized carbons (Fsp3) is 0.500. The van der Waals surface area contributed by atoms with Crippen LogP contribution in [0.15, 0.2) is 72.8 Å². The van der Waals surface area contributed by atoms with Crippen molar-refractivity contribution in [2.75, 3.05) is 20.1 Å². The van der Waals surface area contributed by atoms with Gasteiger partial charge in [0.1, 0.15) is 0 Å². The number of hydrogen-bond donors (Lipinski definition) is 1. The smallest absolute Gasteiger partial charge is 0.224 e. The number of nitrogens with one attached hydrogen (secondary N) is 1. The second-order valence-corrected chi connectivity index (χ2v) is 12.7. The number of carbonyl (C=O) groups is 1. The molecule has 3 fully saturated rings. The summed E-state index contributed by atoms with van der Waals surface area (Å²) in [6, 6.07) is 25.7. The predicted molar refractivity (Wildman–Crippen MR) is 152 cm³/mol. The topological polar surface area (TPSA) is 32.3 Å². The minimum absolute atomic E-state index is 0.0222. The van der Waals surface area contributed by atoms with Gasteiger partial charge in [0, 0.05) is 12.5 Å². The average Bonchev–Trinajstić information content (AvgIpc) is 3.67. The normalized spacial score (nSPS) is 35.9. The number of rotatable bonds is 6. The van der Waals surface area contributed by atoms with Crippen LogP contribution in [0.25, 0.3) is 10.8 Å². The summed E-state index contributed by atoms with van der Waals surface area (Å²) >= 11 is 0. The van der Waals surface area contributed by atoms with Crippen LogP contribution in [0.3, 0.4) is 0 Å². The van der Waals surface area contributed by atoms with Gasteiger partial charge in [-0.25, -0.2) is 0 Å². The molecule has 7 atom stereocenters. The molecule has 7 unspecified atom stereocenters. The first-order chi connectivity index (χ1) is 17.8. The maximum Gasteiger partial charge on any atom is 0.224 e. The summed E-state index contributed by atoms with van der Waals surface area (Å²) in [5, 5.41) is 5.94. The minimum atomic E-state index is -0.0222. The Balaban J connectivity index is 1.30. The molecular weight excluding hydrogens is 452 g/mol. The van der Waals surface area contributed by atoms with E-state index in [1.807, 2.05) is 0 Å². The summed E-state index contributed by atoms with van der Waals surface area (Å²) in [4.78, 5) is 16.7. The number of amides is 1. The van der Waals surface area contributed by atoms with Crippen LogP contribution in [0.4, 0.5) is 0 Å². The van der Waals surface area contributed by atoms with Crippen LogP contribution < -0.4 is 5.32 Å². The summed E-state index contributed by atoms with van der Waals surface area (Å²) in [6.07, 6.45) is 2.19. The molecule has 0 bridgehead atoms. The van der Waals surface area contributed by atoms with E-state index >= 15 is 0 Å². The van der Waals surface area contributed by atoms with Gasteiger partial charge in [-0.15, -0.1) is 0 Å². The van der Waals surface area contributed by atoms with Gasteiger partial charge < -0.3 is 10.2 Å². The van der Waals surface area contributed by atoms with E-state index in [0.29, 0.717) is 17.3 Å². The summed E-state index contributed by atoms with van der Waals surface area (Å²) in [5.41, 5.74) is 2.95. The van der Waals surface area contributed by atoms with Gasteiger partial charge in [0.2, 0.25) is 5.91 Å². The number of piperidine rings is 1. The van der Waals surface area contributed by atoms with Crippen LogP contribution in [0, 0.1) is 40.4 Å². The fourth-order valence-electron chi connectivity index (χ4n) is 8.76. The van der Waals surface area contributed by atoms with Gasteiger partial charge in [0.05, 0.1) is 6.04 Å². The maximum atomic E-state index is 14.1. The highest BCUT2D eigenvalue weighted by Gasteiger charge is 2.76. The van der Waals surface area contributed by atoms with E-state index in [0.717, 1.165) is 24.8 Å². The highest BCUT2D eigenvalue weighted by molar-refractivity contribution is 5.88. The first-order valence-electron chi connectivity index (χ1n) is 14.3. The van der Waals surface area contributed by atoms with Crippen molar-refractivity contribution in [1.29, 1.82) is 0 Å². The van der Waals surface area contributed by atoms with Gasteiger partial charge in [-0.1, -0.05) is 93.6 Å². The van der Waals surface area contributed by atoms with Gasteiger partial charge in [0.25, 0.3) is 0 Å². The van der Waals surface area contributed by atoms with Gasteiger partial charge >= 0.3 is 0 Å². The van der Waals surface area contributed by atoms with Crippen molar-refractivity contribution in [2.45, 2.75) is 46.6 Å². The molecule has 0 aromatic heterocycles. The van der Waals surface area contributed by atoms with Gasteiger partial charge in [0.15, 0.2) is 0 Å². The molecule has 6 rings (SSSR count). The summed E-state index contributed by atoms with van der Waals surface area (Å²) in [7, 11) is 2.28. The Morgan fingerprint density at radius 2 is 1.68 bits per heavy atom. The molecule has 3 nitrogen and oxygen atoms in total. The molecule has 3 aromatic carbocycles. The van der Waals surface area contributed by atoms with Crippen molar-refractivity contribution in [2.24, 2.45) is 40.4 Å². The van der Waals surface area contributed by atoms with Crippen LogP contribution in [0.1, 0.15) is 51.3 Å². The molecule has 1 spiro atoms. The molecule has 1 saturated heterocycles. The molecule has 1 amide bonds. The quantitative estimate of drug-likeness (QED) is 0.412. The Kier molecular flexibility index (Phi) is 5.99. The van der Waals surface area contributed by atoms with Crippen LogP contribution >= 0.6 is 0 Å². The average molecular weight is 495 g/mol. The summed E-state index contributed by atoms with van der Waals surface area (Å²) in [6.45, 7) is 11.8. The van der Waals surface area contributed by atoms with Crippen LogP contribution in [-0.4, -0.2) is 30.9 Å². The van der Waals surface area contributed by atoms with Crippen molar-refractivity contribution in [3.63, 3.8) is 0 Å². The number of likely N-dealkylation sites (tertiary alicyclic amines) is 1. The van der Waals surface area contributed by atoms with Gasteiger partial charge in [-0.05, 0) is 89.8 Å². The van der Waals surface area contributed by atoms with Crippen molar-refractivity contribution >= 4 is 16.7 Å². The van der Waals surface area contributed by atoms with E-state index in [4.69, 9.17) is 0 Å². The minimum Gasteiger partial charge on any atom is -0.349 e. The SMILES string of the molecule is CC(NC(=O)C1C(Cc2ccccc2)C1(C)C1CCN(C)CC12C(C)C2C)c1cccc2ccccc12. The van der Waals surface area contributed by atoms with E-state index in [2.05, 4.69) is 118 Å². The fourth-order valence-corrected chi connectivity index (χ4v) is 8.76. The van der Waals surface area contributed by atoms with Crippen molar-refractivity contribution in [3.05, 3.63) is 83.9 Å². The standard InChI is InChI=1S/C34H42N2O/c1-22-23(2)34(22)21-36(5)19-18-30(34)33(4)29(20-25-12-7-6-8-13-25)31(33)32(37)35-24(3)27-17-11-15-26-14-9-10-16-28(26)27/h6-17,22-24,29-31H,18-21H2,1-5H3,(H,35,37). The summed E-state index contributed by atoms with van der Waals surface area (Å²) in [5.74, 6) is 2.76. The number of hydrogen-bond acceptors (Lipinski definition) is 2. The molecule has 0 radical (unpaired) electrons. The Labute approximate surface area is 222 Å². The number of fused-ring (bicyclic) bond motifs is 1. The Morgan fingerprint density at radius 1 is 1.00 bits per heavy atom. The molecule has 3 aliphatic rings. The third kappa shape index (κ3) is 3.84.